The lowest BCUT2D eigenvalue weighted by Gasteiger charge is -2.04. The zero-order chi connectivity index (χ0) is 10.0. The Morgan fingerprint density at radius 1 is 1.31 bits per heavy atom. The van der Waals surface area contributed by atoms with Crippen molar-refractivity contribution in [2.75, 3.05) is 5.73 Å². The highest BCUT2D eigenvalue weighted by Crippen LogP contribution is 2.24. The molecule has 0 aromatic carbocycles. The topological polar surface area (TPSA) is 86.5 Å². The number of anilines is 1. The molecule has 1 heterocycles. The molecule has 13 heavy (non-hydrogen) atoms. The van der Waals surface area contributed by atoms with Crippen LogP contribution in [0.1, 0.15) is 16.8 Å². The van der Waals surface area contributed by atoms with Gasteiger partial charge in [-0.25, -0.2) is 4.98 Å². The summed E-state index contributed by atoms with van der Waals surface area (Å²) in [5, 5.41) is 17.4. The molecule has 0 atom stereocenters. The number of rotatable bonds is 0. The van der Waals surface area contributed by atoms with E-state index in [2.05, 4.69) is 4.98 Å². The summed E-state index contributed by atoms with van der Waals surface area (Å²) in [6, 6.07) is 3.61. The first-order chi connectivity index (χ1) is 6.11. The van der Waals surface area contributed by atoms with E-state index in [1.54, 1.807) is 13.0 Å². The maximum Gasteiger partial charge on any atom is 0.148 e. The minimum Gasteiger partial charge on any atom is -0.396 e. The first-order valence-corrected chi connectivity index (χ1v) is 3.75. The number of pyridine rings is 1. The third kappa shape index (κ3) is 1.40. The molecule has 1 aromatic heterocycles. The summed E-state index contributed by atoms with van der Waals surface area (Å²) in [6.07, 6.45) is 0. The number of hydrogen-bond acceptors (Lipinski definition) is 4. The molecule has 0 saturated carbocycles. The summed E-state index contributed by atoms with van der Waals surface area (Å²) in [6.45, 7) is 1.63. The Balaban J connectivity index is 3.66. The van der Waals surface area contributed by atoms with Crippen LogP contribution in [0.5, 0.6) is 0 Å². The van der Waals surface area contributed by atoms with E-state index >= 15 is 0 Å². The van der Waals surface area contributed by atoms with Crippen LogP contribution in [-0.2, 0) is 0 Å². The van der Waals surface area contributed by atoms with Crippen LogP contribution in [0.25, 0.3) is 0 Å². The molecule has 0 radical (unpaired) electrons. The molecular weight excluding hydrogens is 188 g/mol. The molecule has 0 saturated heterocycles. The van der Waals surface area contributed by atoms with E-state index in [0.717, 1.165) is 0 Å². The van der Waals surface area contributed by atoms with Crippen molar-refractivity contribution in [1.82, 2.24) is 4.98 Å². The lowest BCUT2D eigenvalue weighted by molar-refractivity contribution is 1.18. The third-order valence-corrected chi connectivity index (χ3v) is 1.88. The van der Waals surface area contributed by atoms with E-state index in [9.17, 15) is 0 Å². The minimum absolute atomic E-state index is 0.0192. The van der Waals surface area contributed by atoms with Gasteiger partial charge in [-0.05, 0) is 6.92 Å². The van der Waals surface area contributed by atoms with Crippen LogP contribution >= 0.6 is 11.6 Å². The van der Waals surface area contributed by atoms with E-state index in [1.807, 2.05) is 6.07 Å². The van der Waals surface area contributed by atoms with Crippen molar-refractivity contribution in [2.24, 2.45) is 0 Å². The average Bonchev–Trinajstić information content (AvgIpc) is 2.10. The molecule has 1 aromatic rings. The summed E-state index contributed by atoms with van der Waals surface area (Å²) in [7, 11) is 0. The Morgan fingerprint density at radius 3 is 2.31 bits per heavy atom. The Bertz CT molecular complexity index is 439. The molecular formula is C8H5ClN4. The normalized spacial score (nSPS) is 8.92. The van der Waals surface area contributed by atoms with E-state index in [4.69, 9.17) is 27.9 Å². The van der Waals surface area contributed by atoms with Gasteiger partial charge in [0.15, 0.2) is 0 Å². The number of nitriles is 2. The Hall–Kier alpha value is -1.78. The summed E-state index contributed by atoms with van der Waals surface area (Å²) < 4.78 is 0. The highest BCUT2D eigenvalue weighted by molar-refractivity contribution is 6.30. The minimum atomic E-state index is 0.0192. The zero-order valence-corrected chi connectivity index (χ0v) is 7.55. The highest BCUT2D eigenvalue weighted by Gasteiger charge is 2.13. The van der Waals surface area contributed by atoms with Gasteiger partial charge >= 0.3 is 0 Å². The number of nitrogens with zero attached hydrogens (tertiary/aromatic N) is 3. The Labute approximate surface area is 80.2 Å². The van der Waals surface area contributed by atoms with E-state index in [0.29, 0.717) is 5.69 Å². The lowest BCUT2D eigenvalue weighted by Crippen LogP contribution is -2.01. The summed E-state index contributed by atoms with van der Waals surface area (Å²) in [5.41, 5.74) is 6.35. The molecule has 0 unspecified atom stereocenters. The molecule has 2 N–H and O–H groups in total. The lowest BCUT2D eigenvalue weighted by atomic mass is 10.1. The molecule has 1 rings (SSSR count). The SMILES string of the molecule is Cc1nc(Cl)c(C#N)c(C#N)c1N. The first-order valence-electron chi connectivity index (χ1n) is 3.37. The first kappa shape index (κ1) is 9.31. The average molecular weight is 193 g/mol. The van der Waals surface area contributed by atoms with Crippen LogP contribution in [0, 0.1) is 29.6 Å². The Morgan fingerprint density at radius 2 is 1.85 bits per heavy atom. The van der Waals surface area contributed by atoms with Gasteiger partial charge in [-0.2, -0.15) is 10.5 Å². The molecule has 0 fully saturated rings. The van der Waals surface area contributed by atoms with Crippen molar-refractivity contribution in [3.8, 4) is 12.1 Å². The fourth-order valence-electron chi connectivity index (χ4n) is 0.900. The molecule has 5 heteroatoms. The van der Waals surface area contributed by atoms with Crippen LogP contribution < -0.4 is 5.73 Å². The smallest absolute Gasteiger partial charge is 0.148 e. The quantitative estimate of drug-likeness (QED) is 0.629. The number of nitrogen functional groups attached to an aromatic ring is 1. The van der Waals surface area contributed by atoms with Crippen LogP contribution in [0.4, 0.5) is 5.69 Å². The second kappa shape index (κ2) is 3.30. The van der Waals surface area contributed by atoms with Gasteiger partial charge < -0.3 is 5.73 Å². The summed E-state index contributed by atoms with van der Waals surface area (Å²) >= 11 is 5.65. The van der Waals surface area contributed by atoms with Crippen molar-refractivity contribution in [2.45, 2.75) is 6.92 Å². The van der Waals surface area contributed by atoms with Crippen LogP contribution in [0.2, 0.25) is 5.15 Å². The van der Waals surface area contributed by atoms with Crippen molar-refractivity contribution >= 4 is 17.3 Å². The second-order valence-corrected chi connectivity index (χ2v) is 2.73. The molecule has 4 nitrogen and oxygen atoms in total. The summed E-state index contributed by atoms with van der Waals surface area (Å²) in [5.74, 6) is 0. The zero-order valence-electron chi connectivity index (χ0n) is 6.80. The third-order valence-electron chi connectivity index (χ3n) is 1.60. The molecule has 0 amide bonds. The number of nitrogens with two attached hydrogens (primary N) is 1. The van der Waals surface area contributed by atoms with E-state index in [-0.39, 0.29) is 22.0 Å². The summed E-state index contributed by atoms with van der Waals surface area (Å²) in [4.78, 5) is 3.82. The standard InChI is InChI=1S/C8H5ClN4/c1-4-7(12)5(2-10)6(3-11)8(9)13-4/h12H2,1H3. The number of aryl methyl sites for hydroxylation is 1. The van der Waals surface area contributed by atoms with Crippen molar-refractivity contribution in [3.63, 3.8) is 0 Å². The molecule has 0 bridgehead atoms. The van der Waals surface area contributed by atoms with Crippen molar-refractivity contribution in [1.29, 1.82) is 10.5 Å². The van der Waals surface area contributed by atoms with Gasteiger partial charge in [-0.1, -0.05) is 11.6 Å². The van der Waals surface area contributed by atoms with Gasteiger partial charge in [0.05, 0.1) is 16.9 Å². The van der Waals surface area contributed by atoms with Crippen LogP contribution in [0.15, 0.2) is 0 Å². The number of hydrogen-bond donors (Lipinski definition) is 1. The maximum atomic E-state index is 8.71. The van der Waals surface area contributed by atoms with Gasteiger partial charge in [0, 0.05) is 0 Å². The number of halogens is 1. The molecule has 0 spiro atoms. The molecule has 0 aliphatic rings. The highest BCUT2D eigenvalue weighted by atomic mass is 35.5. The molecule has 0 aliphatic carbocycles. The van der Waals surface area contributed by atoms with Gasteiger partial charge in [-0.3, -0.25) is 0 Å². The fraction of sp³-hybridized carbons (Fsp3) is 0.125. The molecule has 64 valence electrons. The van der Waals surface area contributed by atoms with Gasteiger partial charge in [0.25, 0.3) is 0 Å². The number of aromatic nitrogens is 1. The largest absolute Gasteiger partial charge is 0.396 e. The predicted octanol–water partition coefficient (Wildman–Crippen LogP) is 1.37. The Kier molecular flexibility index (Phi) is 2.36. The maximum absolute atomic E-state index is 8.71. The van der Waals surface area contributed by atoms with E-state index in [1.165, 1.54) is 0 Å². The van der Waals surface area contributed by atoms with Gasteiger partial charge in [-0.15, -0.1) is 0 Å². The van der Waals surface area contributed by atoms with E-state index < -0.39 is 0 Å². The second-order valence-electron chi connectivity index (χ2n) is 2.38. The van der Waals surface area contributed by atoms with Crippen molar-refractivity contribution < 1.29 is 0 Å². The predicted molar refractivity (Wildman–Crippen MR) is 47.8 cm³/mol. The van der Waals surface area contributed by atoms with Crippen LogP contribution in [0.3, 0.4) is 0 Å². The van der Waals surface area contributed by atoms with Crippen LogP contribution in [-0.4, -0.2) is 4.98 Å². The van der Waals surface area contributed by atoms with Gasteiger partial charge in [0.2, 0.25) is 0 Å². The van der Waals surface area contributed by atoms with Crippen molar-refractivity contribution in [3.05, 3.63) is 22.0 Å². The van der Waals surface area contributed by atoms with Gasteiger partial charge in [0.1, 0.15) is 22.9 Å². The molecule has 0 aliphatic heterocycles. The monoisotopic (exact) mass is 192 g/mol. The fourth-order valence-corrected chi connectivity index (χ4v) is 1.16.